The van der Waals surface area contributed by atoms with Crippen LogP contribution in [0.25, 0.3) is 0 Å². The van der Waals surface area contributed by atoms with Crippen molar-refractivity contribution in [2.24, 2.45) is 0 Å². The van der Waals surface area contributed by atoms with Crippen LogP contribution in [0.3, 0.4) is 0 Å². The molecule has 0 bridgehead atoms. The minimum absolute atomic E-state index is 0.0766. The molecule has 102 heavy (non-hydrogen) atoms. The van der Waals surface area contributed by atoms with E-state index in [1.165, 1.54) is 70.6 Å². The molecular formula is C83H144O17P2. The third-order valence-corrected chi connectivity index (χ3v) is 18.6. The Bertz CT molecular complexity index is 2360. The Morgan fingerprint density at radius 3 is 0.824 bits per heavy atom. The van der Waals surface area contributed by atoms with Gasteiger partial charge in [0.05, 0.1) is 26.4 Å². The molecule has 0 rings (SSSR count). The third kappa shape index (κ3) is 74.0. The van der Waals surface area contributed by atoms with E-state index in [2.05, 4.69) is 137 Å². The highest BCUT2D eigenvalue weighted by molar-refractivity contribution is 7.47. The molecular weight excluding hydrogens is 1330 g/mol. The van der Waals surface area contributed by atoms with Gasteiger partial charge in [-0.1, -0.05) is 298 Å². The predicted octanol–water partition coefficient (Wildman–Crippen LogP) is 23.3. The van der Waals surface area contributed by atoms with Gasteiger partial charge in [-0.3, -0.25) is 37.3 Å². The lowest BCUT2D eigenvalue weighted by molar-refractivity contribution is -0.161. The minimum Gasteiger partial charge on any atom is -0.462 e. The lowest BCUT2D eigenvalue weighted by atomic mass is 10.0. The van der Waals surface area contributed by atoms with Crippen molar-refractivity contribution in [2.45, 2.75) is 354 Å². The first-order chi connectivity index (χ1) is 49.7. The zero-order chi connectivity index (χ0) is 74.6. The van der Waals surface area contributed by atoms with Gasteiger partial charge in [0.2, 0.25) is 0 Å². The second-order valence-corrected chi connectivity index (χ2v) is 29.5. The van der Waals surface area contributed by atoms with E-state index in [9.17, 15) is 43.2 Å². The Labute approximate surface area is 619 Å². The molecule has 0 aromatic carbocycles. The van der Waals surface area contributed by atoms with Gasteiger partial charge in [0, 0.05) is 25.7 Å². The van der Waals surface area contributed by atoms with Crippen molar-refractivity contribution < 1.29 is 80.2 Å². The molecule has 5 atom stereocenters. The zero-order valence-electron chi connectivity index (χ0n) is 64.3. The molecule has 0 amide bonds. The number of carbonyl (C=O) groups is 4. The summed E-state index contributed by atoms with van der Waals surface area (Å²) in [5, 5.41) is 10.6. The maximum Gasteiger partial charge on any atom is 0.472 e. The van der Waals surface area contributed by atoms with Crippen LogP contribution in [0.1, 0.15) is 336 Å². The van der Waals surface area contributed by atoms with Crippen molar-refractivity contribution in [3.05, 3.63) is 109 Å². The van der Waals surface area contributed by atoms with Crippen LogP contribution >= 0.6 is 15.6 Å². The Balaban J connectivity index is 5.38. The van der Waals surface area contributed by atoms with Crippen molar-refractivity contribution >= 4 is 39.5 Å². The molecule has 0 aliphatic heterocycles. The fourth-order valence-corrected chi connectivity index (χ4v) is 12.3. The standard InChI is InChI=1S/C83H144O17P2/c1-5-9-13-17-21-25-29-33-36-38-41-45-48-52-56-60-64-68-81(86)94-74-79(100-83(88)70-66-62-58-54-50-46-42-39-37-34-30-26-22-18-14-10-6-2)76-98-102(91,92)96-72-77(84)71-95-101(89,90)97-75-78(99-82(87)69-65-61-57-53-49-43-32-28-24-20-16-12-8-4)73-93-80(85)67-63-59-55-51-47-44-40-35-31-27-23-19-15-11-7-3/h9-10,13-14,16,20-22,25-26,28,32-34,36-37,41,45,77-79,84H,5-8,11-12,15,17-19,23-24,27,29-31,35,38-40,42-44,46-76H2,1-4H3,(H,89,90)(H,91,92)/b13-9-,14-10-,20-16-,25-21-,26-22-,32-28-,36-33-,37-34-,45-41-. The quantitative estimate of drug-likeness (QED) is 0.0169. The fraction of sp³-hybridized carbons (Fsp3) is 0.735. The van der Waals surface area contributed by atoms with Gasteiger partial charge in [-0.15, -0.1) is 0 Å². The lowest BCUT2D eigenvalue weighted by Gasteiger charge is -2.21. The molecule has 5 unspecified atom stereocenters. The van der Waals surface area contributed by atoms with E-state index in [0.29, 0.717) is 25.7 Å². The molecule has 17 nitrogen and oxygen atoms in total. The van der Waals surface area contributed by atoms with Gasteiger partial charge in [0.1, 0.15) is 19.3 Å². The Morgan fingerprint density at radius 1 is 0.284 bits per heavy atom. The summed E-state index contributed by atoms with van der Waals surface area (Å²) >= 11 is 0. The summed E-state index contributed by atoms with van der Waals surface area (Å²) in [6.45, 7) is 4.57. The number of aliphatic hydroxyl groups is 1. The molecule has 0 heterocycles. The van der Waals surface area contributed by atoms with E-state index in [4.69, 9.17) is 37.0 Å². The summed E-state index contributed by atoms with van der Waals surface area (Å²) in [7, 11) is -9.97. The summed E-state index contributed by atoms with van der Waals surface area (Å²) in [5.74, 6) is -2.21. The van der Waals surface area contributed by atoms with Gasteiger partial charge >= 0.3 is 39.5 Å². The highest BCUT2D eigenvalue weighted by Crippen LogP contribution is 2.45. The fourth-order valence-electron chi connectivity index (χ4n) is 10.7. The van der Waals surface area contributed by atoms with E-state index in [0.717, 1.165) is 186 Å². The maximum atomic E-state index is 13.1. The number of phosphoric ester groups is 2. The first-order valence-corrected chi connectivity index (χ1v) is 43.1. The number of rotatable bonds is 75. The van der Waals surface area contributed by atoms with Crippen LogP contribution in [0.4, 0.5) is 0 Å². The number of hydrogen-bond acceptors (Lipinski definition) is 15. The first-order valence-electron chi connectivity index (χ1n) is 40.1. The molecule has 0 aromatic heterocycles. The summed E-state index contributed by atoms with van der Waals surface area (Å²) in [6, 6.07) is 0. The number of phosphoric acid groups is 2. The number of ether oxygens (including phenoxy) is 4. The van der Waals surface area contributed by atoms with E-state index in [1.54, 1.807) is 0 Å². The Kier molecular flexibility index (Phi) is 71.8. The third-order valence-electron chi connectivity index (χ3n) is 16.7. The molecule has 0 fully saturated rings. The summed E-state index contributed by atoms with van der Waals surface area (Å²) in [5.41, 5.74) is 0. The van der Waals surface area contributed by atoms with E-state index in [-0.39, 0.29) is 25.7 Å². The van der Waals surface area contributed by atoms with Crippen molar-refractivity contribution in [3.63, 3.8) is 0 Å². The molecule has 0 aliphatic carbocycles. The van der Waals surface area contributed by atoms with Crippen LogP contribution < -0.4 is 0 Å². The van der Waals surface area contributed by atoms with Crippen LogP contribution in [0.15, 0.2) is 109 Å². The molecule has 0 aromatic rings. The predicted molar refractivity (Wildman–Crippen MR) is 418 cm³/mol. The molecule has 0 saturated heterocycles. The normalized spacial score (nSPS) is 14.5. The summed E-state index contributed by atoms with van der Waals surface area (Å²) in [6.07, 6.45) is 80.6. The van der Waals surface area contributed by atoms with Crippen LogP contribution in [0, 0.1) is 0 Å². The van der Waals surface area contributed by atoms with Crippen molar-refractivity contribution in [1.82, 2.24) is 0 Å². The van der Waals surface area contributed by atoms with Crippen LogP contribution in [0.2, 0.25) is 0 Å². The molecule has 0 saturated carbocycles. The number of esters is 4. The monoisotopic (exact) mass is 1470 g/mol. The number of hydrogen-bond donors (Lipinski definition) is 3. The van der Waals surface area contributed by atoms with E-state index in [1.807, 2.05) is 0 Å². The van der Waals surface area contributed by atoms with Crippen LogP contribution in [-0.2, 0) is 65.4 Å². The second kappa shape index (κ2) is 75.0. The SMILES string of the molecule is CC/C=C\C/C=C\C/C=C\C/C=C\CCCCCCC(=O)OCC(COP(=O)(O)OCC(O)COP(=O)(O)OCC(COC(=O)CCCCCCCCCCCCCCCCC)OC(=O)CCCCCCC/C=C\C/C=C\CCC)OC(=O)CCCCCCCCC/C=C\C/C=C\C/C=C\CC. The highest BCUT2D eigenvalue weighted by Gasteiger charge is 2.30. The smallest absolute Gasteiger partial charge is 0.462 e. The van der Waals surface area contributed by atoms with Crippen molar-refractivity contribution in [1.29, 1.82) is 0 Å². The highest BCUT2D eigenvalue weighted by atomic mass is 31.2. The number of aliphatic hydroxyl groups excluding tert-OH is 1. The van der Waals surface area contributed by atoms with E-state index >= 15 is 0 Å². The number of carbonyl (C=O) groups excluding carboxylic acids is 4. The molecule has 0 aliphatic rings. The Morgan fingerprint density at radius 2 is 0.529 bits per heavy atom. The van der Waals surface area contributed by atoms with Gasteiger partial charge in [-0.25, -0.2) is 9.13 Å². The van der Waals surface area contributed by atoms with Crippen molar-refractivity contribution in [2.75, 3.05) is 39.6 Å². The van der Waals surface area contributed by atoms with Crippen molar-refractivity contribution in [3.8, 4) is 0 Å². The van der Waals surface area contributed by atoms with Gasteiger partial charge in [0.25, 0.3) is 0 Å². The second-order valence-electron chi connectivity index (χ2n) is 26.6. The summed E-state index contributed by atoms with van der Waals surface area (Å²) < 4.78 is 68.6. The maximum absolute atomic E-state index is 13.1. The molecule has 0 radical (unpaired) electrons. The average Bonchev–Trinajstić information content (AvgIpc) is 0.959. The minimum atomic E-state index is -4.99. The van der Waals surface area contributed by atoms with Gasteiger partial charge in [0.15, 0.2) is 12.2 Å². The summed E-state index contributed by atoms with van der Waals surface area (Å²) in [4.78, 5) is 73.0. The van der Waals surface area contributed by atoms with Crippen LogP contribution in [0.5, 0.6) is 0 Å². The van der Waals surface area contributed by atoms with Crippen LogP contribution in [-0.4, -0.2) is 96.7 Å². The topological polar surface area (TPSA) is 237 Å². The largest absolute Gasteiger partial charge is 0.472 e. The number of allylic oxidation sites excluding steroid dienone is 18. The molecule has 19 heteroatoms. The molecule has 3 N–H and O–H groups in total. The first kappa shape index (κ1) is 97.7. The zero-order valence-corrected chi connectivity index (χ0v) is 66.0. The average molecular weight is 1480 g/mol. The molecule has 0 spiro atoms. The van der Waals surface area contributed by atoms with E-state index < -0.39 is 97.5 Å². The van der Waals surface area contributed by atoms with Gasteiger partial charge in [-0.2, -0.15) is 0 Å². The number of unbranched alkanes of at least 4 members (excludes halogenated alkanes) is 31. The molecule has 588 valence electrons. The van der Waals surface area contributed by atoms with Gasteiger partial charge < -0.3 is 33.8 Å². The van der Waals surface area contributed by atoms with Gasteiger partial charge in [-0.05, 0) is 122 Å². The Hall–Kier alpha value is -4.28. The lowest BCUT2D eigenvalue weighted by Crippen LogP contribution is -2.30.